The standard InChI is InChI=1S/C17H19FN2O2S.ClH/c18-14-5-1-3-12(9-14)11-23(21,22)20-17-6-2-4-13-10-15(19)7-8-16(13)17;/h1,3,5,7-10,17,20H,2,4,6,11,19H2;1H. The number of fused-ring (bicyclic) bond motifs is 1. The summed E-state index contributed by atoms with van der Waals surface area (Å²) < 4.78 is 40.8. The van der Waals surface area contributed by atoms with E-state index in [0.29, 0.717) is 11.3 Å². The summed E-state index contributed by atoms with van der Waals surface area (Å²) in [6, 6.07) is 11.0. The molecule has 0 fully saturated rings. The van der Waals surface area contributed by atoms with Gasteiger partial charge in [-0.05, 0) is 60.2 Å². The van der Waals surface area contributed by atoms with Crippen LogP contribution in [-0.2, 0) is 22.2 Å². The molecule has 2 aromatic carbocycles. The fraction of sp³-hybridized carbons (Fsp3) is 0.294. The van der Waals surface area contributed by atoms with Crippen LogP contribution in [0.25, 0.3) is 0 Å². The molecule has 0 radical (unpaired) electrons. The van der Waals surface area contributed by atoms with Crippen molar-refractivity contribution in [2.24, 2.45) is 0 Å². The highest BCUT2D eigenvalue weighted by atomic mass is 35.5. The van der Waals surface area contributed by atoms with E-state index in [1.54, 1.807) is 12.1 Å². The predicted octanol–water partition coefficient (Wildman–Crippen LogP) is 3.33. The monoisotopic (exact) mass is 370 g/mol. The Morgan fingerprint density at radius 3 is 2.75 bits per heavy atom. The molecule has 0 saturated heterocycles. The number of nitrogens with one attached hydrogen (secondary N) is 1. The summed E-state index contributed by atoms with van der Waals surface area (Å²) in [6.07, 6.45) is 2.56. The van der Waals surface area contributed by atoms with Gasteiger partial charge in [0, 0.05) is 11.7 Å². The molecule has 0 saturated carbocycles. The van der Waals surface area contributed by atoms with E-state index in [2.05, 4.69) is 4.72 Å². The molecule has 0 aliphatic heterocycles. The molecule has 1 atom stereocenters. The minimum atomic E-state index is -3.55. The number of rotatable bonds is 4. The number of hydrogen-bond acceptors (Lipinski definition) is 3. The third-order valence-electron chi connectivity index (χ3n) is 4.05. The Labute approximate surface area is 147 Å². The Balaban J connectivity index is 0.00000208. The molecule has 3 rings (SSSR count). The van der Waals surface area contributed by atoms with Crippen LogP contribution in [0.4, 0.5) is 10.1 Å². The van der Waals surface area contributed by atoms with E-state index in [4.69, 9.17) is 5.73 Å². The van der Waals surface area contributed by atoms with Gasteiger partial charge in [-0.2, -0.15) is 0 Å². The zero-order valence-corrected chi connectivity index (χ0v) is 14.7. The summed E-state index contributed by atoms with van der Waals surface area (Å²) in [6.45, 7) is 0. The lowest BCUT2D eigenvalue weighted by molar-refractivity contribution is 0.507. The number of halogens is 2. The van der Waals surface area contributed by atoms with Crippen molar-refractivity contribution in [2.75, 3.05) is 5.73 Å². The van der Waals surface area contributed by atoms with Crippen LogP contribution >= 0.6 is 12.4 Å². The van der Waals surface area contributed by atoms with Crippen molar-refractivity contribution < 1.29 is 12.8 Å². The average Bonchev–Trinajstić information content (AvgIpc) is 2.46. The third kappa shape index (κ3) is 4.47. The van der Waals surface area contributed by atoms with Crippen LogP contribution in [0.3, 0.4) is 0 Å². The van der Waals surface area contributed by atoms with Crippen LogP contribution in [-0.4, -0.2) is 8.42 Å². The average molecular weight is 371 g/mol. The van der Waals surface area contributed by atoms with Crippen LogP contribution in [0.1, 0.15) is 35.6 Å². The normalized spacial score (nSPS) is 17.0. The minimum absolute atomic E-state index is 0. The first kappa shape index (κ1) is 18.7. The summed E-state index contributed by atoms with van der Waals surface area (Å²) in [7, 11) is -3.55. The van der Waals surface area contributed by atoms with E-state index >= 15 is 0 Å². The molecular formula is C17H20ClFN2O2S. The van der Waals surface area contributed by atoms with Crippen LogP contribution in [0.15, 0.2) is 42.5 Å². The van der Waals surface area contributed by atoms with Crippen molar-refractivity contribution in [3.63, 3.8) is 0 Å². The molecule has 7 heteroatoms. The van der Waals surface area contributed by atoms with E-state index in [9.17, 15) is 12.8 Å². The van der Waals surface area contributed by atoms with Crippen molar-refractivity contribution >= 4 is 28.1 Å². The summed E-state index contributed by atoms with van der Waals surface area (Å²) in [5.41, 5.74) is 8.99. The number of nitrogens with two attached hydrogens (primary N) is 1. The molecule has 24 heavy (non-hydrogen) atoms. The molecule has 0 aromatic heterocycles. The van der Waals surface area contributed by atoms with E-state index in [0.717, 1.165) is 30.4 Å². The quantitative estimate of drug-likeness (QED) is 0.811. The summed E-state index contributed by atoms with van der Waals surface area (Å²) in [5.74, 6) is -0.665. The number of anilines is 1. The largest absolute Gasteiger partial charge is 0.399 e. The number of nitrogen functional groups attached to an aromatic ring is 1. The van der Waals surface area contributed by atoms with Gasteiger partial charge in [-0.15, -0.1) is 12.4 Å². The summed E-state index contributed by atoms with van der Waals surface area (Å²) >= 11 is 0. The van der Waals surface area contributed by atoms with Crippen LogP contribution in [0.5, 0.6) is 0 Å². The first-order valence-corrected chi connectivity index (χ1v) is 9.21. The van der Waals surface area contributed by atoms with Gasteiger partial charge in [-0.1, -0.05) is 18.2 Å². The van der Waals surface area contributed by atoms with Gasteiger partial charge < -0.3 is 5.73 Å². The highest BCUT2D eigenvalue weighted by Crippen LogP contribution is 2.31. The first-order chi connectivity index (χ1) is 10.9. The molecule has 4 nitrogen and oxygen atoms in total. The van der Waals surface area contributed by atoms with Gasteiger partial charge in [-0.3, -0.25) is 0 Å². The van der Waals surface area contributed by atoms with E-state index in [-0.39, 0.29) is 24.2 Å². The molecule has 1 aliphatic carbocycles. The maximum absolute atomic E-state index is 13.2. The van der Waals surface area contributed by atoms with Gasteiger partial charge in [0.15, 0.2) is 0 Å². The molecule has 3 N–H and O–H groups in total. The van der Waals surface area contributed by atoms with Crippen molar-refractivity contribution in [2.45, 2.75) is 31.1 Å². The second-order valence-electron chi connectivity index (χ2n) is 5.91. The predicted molar refractivity (Wildman–Crippen MR) is 95.9 cm³/mol. The van der Waals surface area contributed by atoms with Gasteiger partial charge in [0.25, 0.3) is 0 Å². The molecule has 0 bridgehead atoms. The maximum Gasteiger partial charge on any atom is 0.216 e. The number of aryl methyl sites for hydroxylation is 1. The van der Waals surface area contributed by atoms with Crippen molar-refractivity contribution in [1.82, 2.24) is 4.72 Å². The van der Waals surface area contributed by atoms with Gasteiger partial charge in [0.2, 0.25) is 10.0 Å². The van der Waals surface area contributed by atoms with E-state index in [1.165, 1.54) is 18.2 Å². The lowest BCUT2D eigenvalue weighted by atomic mass is 9.88. The van der Waals surface area contributed by atoms with Crippen LogP contribution in [0, 0.1) is 5.82 Å². The van der Waals surface area contributed by atoms with Crippen molar-refractivity contribution in [1.29, 1.82) is 0 Å². The minimum Gasteiger partial charge on any atom is -0.399 e. The second-order valence-corrected chi connectivity index (χ2v) is 7.66. The van der Waals surface area contributed by atoms with E-state index in [1.807, 2.05) is 12.1 Å². The SMILES string of the molecule is Cl.Nc1ccc2c(c1)CCCC2NS(=O)(=O)Cc1cccc(F)c1. The molecule has 1 aliphatic rings. The van der Waals surface area contributed by atoms with Crippen molar-refractivity contribution in [3.05, 3.63) is 65.0 Å². The van der Waals surface area contributed by atoms with Gasteiger partial charge in [-0.25, -0.2) is 17.5 Å². The molecule has 2 aromatic rings. The molecule has 0 amide bonds. The lowest BCUT2D eigenvalue weighted by Crippen LogP contribution is -2.32. The molecule has 0 spiro atoms. The fourth-order valence-electron chi connectivity index (χ4n) is 3.06. The number of sulfonamides is 1. The molecule has 1 unspecified atom stereocenters. The third-order valence-corrected chi connectivity index (χ3v) is 5.41. The number of hydrogen-bond donors (Lipinski definition) is 2. The summed E-state index contributed by atoms with van der Waals surface area (Å²) in [5, 5.41) is 0. The first-order valence-electron chi connectivity index (χ1n) is 7.56. The van der Waals surface area contributed by atoms with Gasteiger partial charge in [0.1, 0.15) is 5.82 Å². The van der Waals surface area contributed by atoms with Gasteiger partial charge >= 0.3 is 0 Å². The zero-order chi connectivity index (χ0) is 16.4. The van der Waals surface area contributed by atoms with Crippen LogP contribution in [0.2, 0.25) is 0 Å². The Morgan fingerprint density at radius 1 is 1.21 bits per heavy atom. The Morgan fingerprint density at radius 2 is 2.00 bits per heavy atom. The highest BCUT2D eigenvalue weighted by molar-refractivity contribution is 7.88. The smallest absolute Gasteiger partial charge is 0.216 e. The topological polar surface area (TPSA) is 72.2 Å². The maximum atomic E-state index is 13.2. The molecule has 0 heterocycles. The lowest BCUT2D eigenvalue weighted by Gasteiger charge is -2.26. The molecular weight excluding hydrogens is 351 g/mol. The Bertz CT molecular complexity index is 827. The fourth-order valence-corrected chi connectivity index (χ4v) is 4.44. The highest BCUT2D eigenvalue weighted by Gasteiger charge is 2.25. The Hall–Kier alpha value is -1.63. The second kappa shape index (κ2) is 7.51. The van der Waals surface area contributed by atoms with E-state index < -0.39 is 15.8 Å². The Kier molecular flexibility index (Phi) is 5.85. The van der Waals surface area contributed by atoms with Crippen molar-refractivity contribution in [3.8, 4) is 0 Å². The summed E-state index contributed by atoms with van der Waals surface area (Å²) in [4.78, 5) is 0. The zero-order valence-electron chi connectivity index (χ0n) is 13.0. The number of benzene rings is 2. The van der Waals surface area contributed by atoms with Crippen LogP contribution < -0.4 is 10.5 Å². The molecule has 130 valence electrons. The van der Waals surface area contributed by atoms with Gasteiger partial charge in [0.05, 0.1) is 5.75 Å².